The van der Waals surface area contributed by atoms with Gasteiger partial charge in [0.25, 0.3) is 0 Å². The van der Waals surface area contributed by atoms with E-state index in [1.807, 2.05) is 6.20 Å². The zero-order chi connectivity index (χ0) is 13.5. The summed E-state index contributed by atoms with van der Waals surface area (Å²) >= 11 is 0. The molecule has 19 heavy (non-hydrogen) atoms. The van der Waals surface area contributed by atoms with E-state index in [1.54, 1.807) is 0 Å². The van der Waals surface area contributed by atoms with E-state index in [2.05, 4.69) is 39.8 Å². The molecule has 0 amide bonds. The van der Waals surface area contributed by atoms with E-state index in [0.29, 0.717) is 5.92 Å². The summed E-state index contributed by atoms with van der Waals surface area (Å²) in [5.41, 5.74) is 0. The SMILES string of the molecule is CC(C)CNCc1nccn1CCN1CCOCC1. The van der Waals surface area contributed by atoms with Crippen molar-refractivity contribution in [2.75, 3.05) is 39.4 Å². The van der Waals surface area contributed by atoms with E-state index in [9.17, 15) is 0 Å². The van der Waals surface area contributed by atoms with E-state index in [0.717, 1.165) is 58.3 Å². The second-order valence-electron chi connectivity index (χ2n) is 5.52. The molecule has 0 saturated carbocycles. The van der Waals surface area contributed by atoms with Crippen LogP contribution in [0.25, 0.3) is 0 Å². The number of nitrogens with zero attached hydrogens (tertiary/aromatic N) is 3. The lowest BCUT2D eigenvalue weighted by Crippen LogP contribution is -2.38. The summed E-state index contributed by atoms with van der Waals surface area (Å²) in [5, 5.41) is 3.45. The van der Waals surface area contributed by atoms with Gasteiger partial charge < -0.3 is 14.6 Å². The molecule has 2 rings (SSSR count). The maximum atomic E-state index is 5.37. The number of rotatable bonds is 7. The van der Waals surface area contributed by atoms with Gasteiger partial charge >= 0.3 is 0 Å². The monoisotopic (exact) mass is 266 g/mol. The Hall–Kier alpha value is -0.910. The average molecular weight is 266 g/mol. The third kappa shape index (κ3) is 4.93. The zero-order valence-corrected chi connectivity index (χ0v) is 12.1. The molecule has 1 aromatic heterocycles. The molecule has 1 aliphatic rings. The summed E-state index contributed by atoms with van der Waals surface area (Å²) in [4.78, 5) is 6.89. The van der Waals surface area contributed by atoms with Gasteiger partial charge in [0.1, 0.15) is 5.82 Å². The molecule has 5 nitrogen and oxygen atoms in total. The first kappa shape index (κ1) is 14.5. The molecule has 1 fully saturated rings. The third-order valence-corrected chi connectivity index (χ3v) is 3.40. The normalized spacial score (nSPS) is 17.2. The fraction of sp³-hybridized carbons (Fsp3) is 0.786. The fourth-order valence-corrected chi connectivity index (χ4v) is 2.26. The summed E-state index contributed by atoms with van der Waals surface area (Å²) in [5.74, 6) is 1.81. The first-order valence-electron chi connectivity index (χ1n) is 7.26. The van der Waals surface area contributed by atoms with Crippen molar-refractivity contribution in [3.63, 3.8) is 0 Å². The van der Waals surface area contributed by atoms with Crippen molar-refractivity contribution in [3.8, 4) is 0 Å². The lowest BCUT2D eigenvalue weighted by Gasteiger charge is -2.26. The molecular formula is C14H26N4O. The van der Waals surface area contributed by atoms with Gasteiger partial charge in [-0.1, -0.05) is 13.8 Å². The highest BCUT2D eigenvalue weighted by atomic mass is 16.5. The average Bonchev–Trinajstić information content (AvgIpc) is 2.85. The number of hydrogen-bond acceptors (Lipinski definition) is 4. The van der Waals surface area contributed by atoms with Gasteiger partial charge in [0.05, 0.1) is 19.8 Å². The highest BCUT2D eigenvalue weighted by Crippen LogP contribution is 2.01. The number of morpholine rings is 1. The van der Waals surface area contributed by atoms with Gasteiger partial charge in [0, 0.05) is 38.6 Å². The molecule has 0 spiro atoms. The van der Waals surface area contributed by atoms with Crippen molar-refractivity contribution in [1.82, 2.24) is 19.8 Å². The van der Waals surface area contributed by atoms with Crippen LogP contribution in [0.1, 0.15) is 19.7 Å². The Kier molecular flexibility index (Phi) is 5.82. The first-order valence-corrected chi connectivity index (χ1v) is 7.26. The number of imidazole rings is 1. The highest BCUT2D eigenvalue weighted by Gasteiger charge is 2.10. The van der Waals surface area contributed by atoms with Gasteiger partial charge in [-0.25, -0.2) is 4.98 Å². The number of hydrogen-bond donors (Lipinski definition) is 1. The minimum atomic E-state index is 0.678. The molecule has 0 unspecified atom stereocenters. The predicted molar refractivity (Wildman–Crippen MR) is 76.0 cm³/mol. The fourth-order valence-electron chi connectivity index (χ4n) is 2.26. The number of aromatic nitrogens is 2. The Bertz CT molecular complexity index is 358. The molecule has 0 aliphatic carbocycles. The van der Waals surface area contributed by atoms with Crippen LogP contribution in [0.4, 0.5) is 0 Å². The van der Waals surface area contributed by atoms with Crippen LogP contribution >= 0.6 is 0 Å². The Morgan fingerprint density at radius 3 is 2.84 bits per heavy atom. The van der Waals surface area contributed by atoms with Crippen LogP contribution in [0, 0.1) is 5.92 Å². The largest absolute Gasteiger partial charge is 0.379 e. The first-order chi connectivity index (χ1) is 9.25. The molecule has 108 valence electrons. The Labute approximate surface area is 116 Å². The van der Waals surface area contributed by atoms with Gasteiger partial charge in [0.15, 0.2) is 0 Å². The van der Waals surface area contributed by atoms with Crippen LogP contribution in [-0.4, -0.2) is 53.8 Å². The van der Waals surface area contributed by atoms with E-state index in [-0.39, 0.29) is 0 Å². The number of ether oxygens (including phenoxy) is 1. The summed E-state index contributed by atoms with van der Waals surface area (Å²) < 4.78 is 7.62. The standard InChI is InChI=1S/C14H26N4O/c1-13(2)11-15-12-14-16-3-4-18(14)6-5-17-7-9-19-10-8-17/h3-4,13,15H,5-12H2,1-2H3. The predicted octanol–water partition coefficient (Wildman–Crippen LogP) is 0.961. The Morgan fingerprint density at radius 1 is 1.32 bits per heavy atom. The van der Waals surface area contributed by atoms with E-state index < -0.39 is 0 Å². The number of nitrogens with one attached hydrogen (secondary N) is 1. The molecule has 0 radical (unpaired) electrons. The van der Waals surface area contributed by atoms with E-state index >= 15 is 0 Å². The van der Waals surface area contributed by atoms with Crippen molar-refractivity contribution in [2.45, 2.75) is 26.9 Å². The minimum absolute atomic E-state index is 0.678. The molecular weight excluding hydrogens is 240 g/mol. The second-order valence-corrected chi connectivity index (χ2v) is 5.52. The Balaban J connectivity index is 1.75. The van der Waals surface area contributed by atoms with Crippen LogP contribution < -0.4 is 5.32 Å². The van der Waals surface area contributed by atoms with Crippen LogP contribution in [-0.2, 0) is 17.8 Å². The van der Waals surface area contributed by atoms with Crippen molar-refractivity contribution >= 4 is 0 Å². The molecule has 0 bridgehead atoms. The quantitative estimate of drug-likeness (QED) is 0.798. The molecule has 1 aromatic rings. The maximum absolute atomic E-state index is 5.37. The third-order valence-electron chi connectivity index (χ3n) is 3.40. The van der Waals surface area contributed by atoms with Crippen molar-refractivity contribution < 1.29 is 4.74 Å². The summed E-state index contributed by atoms with van der Waals surface area (Å²) in [7, 11) is 0. The highest BCUT2D eigenvalue weighted by molar-refractivity contribution is 4.92. The smallest absolute Gasteiger partial charge is 0.122 e. The lowest BCUT2D eigenvalue weighted by molar-refractivity contribution is 0.0363. The molecule has 1 aliphatic heterocycles. The van der Waals surface area contributed by atoms with Crippen LogP contribution in [0.3, 0.4) is 0 Å². The van der Waals surface area contributed by atoms with E-state index in [4.69, 9.17) is 4.74 Å². The van der Waals surface area contributed by atoms with Crippen LogP contribution in [0.2, 0.25) is 0 Å². The summed E-state index contributed by atoms with van der Waals surface area (Å²) in [6.07, 6.45) is 3.97. The van der Waals surface area contributed by atoms with Crippen molar-refractivity contribution in [1.29, 1.82) is 0 Å². The minimum Gasteiger partial charge on any atom is -0.379 e. The van der Waals surface area contributed by atoms with Crippen molar-refractivity contribution in [3.05, 3.63) is 18.2 Å². The van der Waals surface area contributed by atoms with Gasteiger partial charge in [0.2, 0.25) is 0 Å². The van der Waals surface area contributed by atoms with Gasteiger partial charge in [-0.15, -0.1) is 0 Å². The summed E-state index contributed by atoms with van der Waals surface area (Å²) in [6, 6.07) is 0. The maximum Gasteiger partial charge on any atom is 0.122 e. The zero-order valence-electron chi connectivity index (χ0n) is 12.1. The molecule has 1 saturated heterocycles. The van der Waals surface area contributed by atoms with Gasteiger partial charge in [-0.2, -0.15) is 0 Å². The lowest BCUT2D eigenvalue weighted by atomic mass is 10.2. The van der Waals surface area contributed by atoms with Crippen LogP contribution in [0.15, 0.2) is 12.4 Å². The molecule has 2 heterocycles. The molecule has 0 atom stereocenters. The van der Waals surface area contributed by atoms with Gasteiger partial charge in [-0.05, 0) is 12.5 Å². The summed E-state index contributed by atoms with van der Waals surface area (Å²) in [6.45, 7) is 12.3. The van der Waals surface area contributed by atoms with Gasteiger partial charge in [-0.3, -0.25) is 4.90 Å². The molecule has 5 heteroatoms. The molecule has 1 N–H and O–H groups in total. The topological polar surface area (TPSA) is 42.3 Å². The Morgan fingerprint density at radius 2 is 2.11 bits per heavy atom. The van der Waals surface area contributed by atoms with Crippen LogP contribution in [0.5, 0.6) is 0 Å². The second kappa shape index (κ2) is 7.62. The van der Waals surface area contributed by atoms with Crippen molar-refractivity contribution in [2.24, 2.45) is 5.92 Å². The van der Waals surface area contributed by atoms with E-state index in [1.165, 1.54) is 0 Å². The molecule has 0 aromatic carbocycles.